The molecule has 3 heterocycles. The summed E-state index contributed by atoms with van der Waals surface area (Å²) < 4.78 is 63.6. The molecule has 0 saturated carbocycles. The van der Waals surface area contributed by atoms with E-state index in [1.807, 2.05) is 72.8 Å². The Morgan fingerprint density at radius 3 is 2.27 bits per heavy atom. The van der Waals surface area contributed by atoms with Gasteiger partial charge in [0, 0.05) is 44.7 Å². The Kier molecular flexibility index (Phi) is 12.0. The number of carbonyl (C=O) groups excluding carboxylic acids is 2. The molecule has 2 saturated heterocycles. The van der Waals surface area contributed by atoms with Crippen LogP contribution in [-0.2, 0) is 45.2 Å². The van der Waals surface area contributed by atoms with Crippen molar-refractivity contribution in [1.29, 1.82) is 0 Å². The SMILES string of the molecule is COc1cc2c(cc1OC)CN(CC1CC(c3ccc(CO)cc3)OC(c3ccc(-c4cccc(CNC(=O)C5CCCN5C(=O)C(F)(F)F)c4)cc3)O1)CC2. The summed E-state index contributed by atoms with van der Waals surface area (Å²) in [6.45, 7) is 2.30. The van der Waals surface area contributed by atoms with Crippen molar-refractivity contribution in [3.63, 3.8) is 0 Å². The van der Waals surface area contributed by atoms with Crippen LogP contribution in [0.3, 0.4) is 0 Å². The average molecular weight is 774 g/mol. The van der Waals surface area contributed by atoms with Crippen molar-refractivity contribution in [2.24, 2.45) is 0 Å². The number of ether oxygens (including phenoxy) is 4. The van der Waals surface area contributed by atoms with Gasteiger partial charge in [-0.05, 0) is 76.4 Å². The number of aliphatic hydroxyl groups excluding tert-OH is 1. The van der Waals surface area contributed by atoms with Crippen LogP contribution in [0.1, 0.15) is 65.0 Å². The van der Waals surface area contributed by atoms with Crippen molar-refractivity contribution in [2.45, 2.75) is 76.1 Å². The number of carbonyl (C=O) groups is 2. The highest BCUT2D eigenvalue weighted by atomic mass is 19.4. The molecule has 4 atom stereocenters. The highest BCUT2D eigenvalue weighted by molar-refractivity contribution is 5.90. The van der Waals surface area contributed by atoms with Gasteiger partial charge in [0.1, 0.15) is 6.04 Å². The van der Waals surface area contributed by atoms with E-state index in [4.69, 9.17) is 18.9 Å². The minimum atomic E-state index is -5.02. The van der Waals surface area contributed by atoms with Crippen LogP contribution in [0.4, 0.5) is 13.2 Å². The fourth-order valence-corrected chi connectivity index (χ4v) is 7.86. The first-order valence-corrected chi connectivity index (χ1v) is 18.8. The van der Waals surface area contributed by atoms with E-state index in [-0.39, 0.29) is 38.3 Å². The van der Waals surface area contributed by atoms with E-state index in [0.29, 0.717) is 30.0 Å². The Morgan fingerprint density at radius 1 is 0.857 bits per heavy atom. The van der Waals surface area contributed by atoms with Gasteiger partial charge in [-0.2, -0.15) is 13.2 Å². The normalized spacial score (nSPS) is 21.4. The third-order valence-electron chi connectivity index (χ3n) is 10.8. The Hall–Kier alpha value is -4.95. The third kappa shape index (κ3) is 8.86. The molecule has 7 rings (SSSR count). The highest BCUT2D eigenvalue weighted by Gasteiger charge is 2.47. The number of likely N-dealkylation sites (tertiary alicyclic amines) is 1. The van der Waals surface area contributed by atoms with E-state index in [0.717, 1.165) is 58.6 Å². The molecule has 2 N–H and O–H groups in total. The number of halogens is 3. The molecule has 10 nitrogen and oxygen atoms in total. The number of aliphatic hydroxyl groups is 1. The van der Waals surface area contributed by atoms with Crippen LogP contribution < -0.4 is 14.8 Å². The van der Waals surface area contributed by atoms with Crippen molar-refractivity contribution >= 4 is 11.8 Å². The van der Waals surface area contributed by atoms with Crippen molar-refractivity contribution in [3.8, 4) is 22.6 Å². The predicted octanol–water partition coefficient (Wildman–Crippen LogP) is 6.64. The average Bonchev–Trinajstić information content (AvgIpc) is 3.72. The quantitative estimate of drug-likeness (QED) is 0.175. The van der Waals surface area contributed by atoms with E-state index < -0.39 is 30.3 Å². The van der Waals surface area contributed by atoms with Crippen LogP contribution in [0.15, 0.2) is 84.9 Å². The monoisotopic (exact) mass is 773 g/mol. The number of alkyl halides is 3. The molecule has 4 unspecified atom stereocenters. The minimum Gasteiger partial charge on any atom is -0.493 e. The van der Waals surface area contributed by atoms with Crippen molar-refractivity contribution in [3.05, 3.63) is 118 Å². The Labute approximate surface area is 324 Å². The summed E-state index contributed by atoms with van der Waals surface area (Å²) in [5, 5.41) is 12.3. The van der Waals surface area contributed by atoms with Crippen molar-refractivity contribution < 1.29 is 46.8 Å². The molecule has 3 aliphatic rings. The number of hydrogen-bond acceptors (Lipinski definition) is 8. The molecule has 0 radical (unpaired) electrons. The lowest BCUT2D eigenvalue weighted by Crippen LogP contribution is -2.50. The molecule has 296 valence electrons. The first-order chi connectivity index (χ1) is 27.0. The predicted molar refractivity (Wildman–Crippen MR) is 201 cm³/mol. The molecule has 3 aliphatic heterocycles. The zero-order valence-corrected chi connectivity index (χ0v) is 31.4. The second-order valence-corrected chi connectivity index (χ2v) is 14.5. The molecule has 4 aromatic carbocycles. The largest absolute Gasteiger partial charge is 0.493 e. The van der Waals surface area contributed by atoms with Gasteiger partial charge in [-0.25, -0.2) is 0 Å². The maximum atomic E-state index is 13.1. The molecule has 56 heavy (non-hydrogen) atoms. The summed E-state index contributed by atoms with van der Waals surface area (Å²) in [4.78, 5) is 27.7. The Balaban J connectivity index is 1.03. The van der Waals surface area contributed by atoms with Crippen LogP contribution in [0, 0.1) is 0 Å². The molecule has 4 aromatic rings. The van der Waals surface area contributed by atoms with E-state index in [1.54, 1.807) is 14.2 Å². The van der Waals surface area contributed by atoms with Gasteiger partial charge < -0.3 is 34.3 Å². The summed E-state index contributed by atoms with van der Waals surface area (Å²) in [6.07, 6.45) is -3.97. The summed E-state index contributed by atoms with van der Waals surface area (Å²) in [6, 6.07) is 26.3. The summed E-state index contributed by atoms with van der Waals surface area (Å²) in [5.74, 6) is -1.15. The number of fused-ring (bicyclic) bond motifs is 1. The van der Waals surface area contributed by atoms with Crippen LogP contribution in [-0.4, -0.2) is 78.9 Å². The van der Waals surface area contributed by atoms with Gasteiger partial charge in [-0.3, -0.25) is 14.5 Å². The number of methoxy groups -OCH3 is 2. The molecular weight excluding hydrogens is 727 g/mol. The Morgan fingerprint density at radius 2 is 1.57 bits per heavy atom. The fourth-order valence-electron chi connectivity index (χ4n) is 7.86. The zero-order chi connectivity index (χ0) is 39.4. The highest BCUT2D eigenvalue weighted by Crippen LogP contribution is 2.40. The standard InChI is InChI=1S/C43H46F3N3O7/c1-53-38-20-33-16-18-48(24-34(33)21-39(38)54-2)25-35-22-37(30-10-8-27(26-50)9-11-30)56-41(55-35)31-14-12-29(13-15-31)32-6-3-5-28(19-32)23-47-40(51)36-7-4-17-49(36)42(52)43(44,45)46/h3,5-6,8-15,19-21,35-37,41,50H,4,7,16-18,22-26H2,1-2H3,(H,47,51). The number of rotatable bonds is 11. The van der Waals surface area contributed by atoms with Crippen LogP contribution >= 0.6 is 0 Å². The number of nitrogens with one attached hydrogen (secondary N) is 1. The maximum absolute atomic E-state index is 13.1. The van der Waals surface area contributed by atoms with Gasteiger partial charge in [0.25, 0.3) is 0 Å². The molecule has 0 spiro atoms. The van der Waals surface area contributed by atoms with E-state index >= 15 is 0 Å². The van der Waals surface area contributed by atoms with E-state index in [2.05, 4.69) is 22.3 Å². The van der Waals surface area contributed by atoms with E-state index in [9.17, 15) is 27.9 Å². The van der Waals surface area contributed by atoms with Gasteiger partial charge in [0.05, 0.1) is 33.0 Å². The van der Waals surface area contributed by atoms with Gasteiger partial charge >= 0.3 is 12.1 Å². The molecular formula is C43H46F3N3O7. The van der Waals surface area contributed by atoms with E-state index in [1.165, 1.54) is 11.1 Å². The number of benzene rings is 4. The number of hydrogen-bond donors (Lipinski definition) is 2. The second-order valence-electron chi connectivity index (χ2n) is 14.5. The smallest absolute Gasteiger partial charge is 0.471 e. The van der Waals surface area contributed by atoms with Gasteiger partial charge in [-0.15, -0.1) is 0 Å². The molecule has 0 aliphatic carbocycles. The van der Waals surface area contributed by atoms with Crippen molar-refractivity contribution in [1.82, 2.24) is 15.1 Å². The summed E-state index contributed by atoms with van der Waals surface area (Å²) >= 11 is 0. The van der Waals surface area contributed by atoms with Crippen molar-refractivity contribution in [2.75, 3.05) is 33.9 Å². The lowest BCUT2D eigenvalue weighted by atomic mass is 9.96. The lowest BCUT2D eigenvalue weighted by Gasteiger charge is -2.39. The lowest BCUT2D eigenvalue weighted by molar-refractivity contribution is -0.253. The molecule has 13 heteroatoms. The molecule has 0 bridgehead atoms. The van der Waals surface area contributed by atoms with Gasteiger partial charge in [-0.1, -0.05) is 66.7 Å². The van der Waals surface area contributed by atoms with Crippen LogP contribution in [0.25, 0.3) is 11.1 Å². The minimum absolute atomic E-state index is 0.0378. The summed E-state index contributed by atoms with van der Waals surface area (Å²) in [5.41, 5.74) is 7.72. The maximum Gasteiger partial charge on any atom is 0.471 e. The topological polar surface area (TPSA) is 110 Å². The van der Waals surface area contributed by atoms with Crippen LogP contribution in [0.5, 0.6) is 11.5 Å². The first kappa shape index (κ1) is 39.3. The molecule has 0 aromatic heterocycles. The number of nitrogens with zero attached hydrogens (tertiary/aromatic N) is 2. The fraction of sp³-hybridized carbons (Fsp3) is 0.395. The molecule has 2 fully saturated rings. The van der Waals surface area contributed by atoms with Gasteiger partial charge in [0.2, 0.25) is 5.91 Å². The summed E-state index contributed by atoms with van der Waals surface area (Å²) in [7, 11) is 3.29. The third-order valence-corrected chi connectivity index (χ3v) is 10.8. The number of amides is 2. The first-order valence-electron chi connectivity index (χ1n) is 18.8. The van der Waals surface area contributed by atoms with Crippen LogP contribution in [0.2, 0.25) is 0 Å². The second kappa shape index (κ2) is 17.0. The zero-order valence-electron chi connectivity index (χ0n) is 31.4. The Bertz CT molecular complexity index is 2010. The van der Waals surface area contributed by atoms with Gasteiger partial charge in [0.15, 0.2) is 17.8 Å². The molecule has 2 amide bonds.